The van der Waals surface area contributed by atoms with Crippen LogP contribution < -0.4 is 5.73 Å². The molecule has 0 radical (unpaired) electrons. The molecule has 4 nitrogen and oxygen atoms in total. The molecule has 2 aromatic rings. The highest BCUT2D eigenvalue weighted by Gasteiger charge is 2.21. The van der Waals surface area contributed by atoms with Crippen molar-refractivity contribution >= 4 is 17.3 Å². The fraction of sp³-hybridized carbons (Fsp3) is 0.385. The number of aromatic nitrogens is 3. The molecule has 0 unspecified atom stereocenters. The van der Waals surface area contributed by atoms with Crippen LogP contribution in [0.25, 0.3) is 11.4 Å². The van der Waals surface area contributed by atoms with Crippen molar-refractivity contribution in [3.05, 3.63) is 29.0 Å². The van der Waals surface area contributed by atoms with Crippen LogP contribution in [0.4, 0.5) is 5.69 Å². The zero-order chi connectivity index (χ0) is 12.5. The number of hydrogen-bond acceptors (Lipinski definition) is 3. The molecule has 1 saturated carbocycles. The van der Waals surface area contributed by atoms with Crippen LogP contribution in [0.5, 0.6) is 0 Å². The minimum atomic E-state index is 0.527. The summed E-state index contributed by atoms with van der Waals surface area (Å²) in [4.78, 5) is 4.56. The SMILES string of the molecule is Nc1ccc(-c2n[nH]c(C3CCCC3)n2)c(Cl)c1. The van der Waals surface area contributed by atoms with Crippen molar-refractivity contribution in [2.45, 2.75) is 31.6 Å². The lowest BCUT2D eigenvalue weighted by atomic mass is 10.1. The van der Waals surface area contributed by atoms with E-state index in [0.717, 1.165) is 11.4 Å². The number of nitrogens with one attached hydrogen (secondary N) is 1. The van der Waals surface area contributed by atoms with E-state index >= 15 is 0 Å². The minimum absolute atomic E-state index is 0.527. The Balaban J connectivity index is 1.92. The standard InChI is InChI=1S/C13H15ClN4/c14-11-7-9(15)5-6-10(11)13-16-12(17-18-13)8-3-1-2-4-8/h5-8H,1-4,15H2,(H,16,17,18). The predicted octanol–water partition coefficient (Wildman–Crippen LogP) is 3.36. The van der Waals surface area contributed by atoms with Crippen molar-refractivity contribution in [1.82, 2.24) is 15.2 Å². The molecule has 0 aliphatic heterocycles. The Kier molecular flexibility index (Phi) is 2.96. The molecule has 5 heteroatoms. The van der Waals surface area contributed by atoms with E-state index in [0.29, 0.717) is 22.5 Å². The third kappa shape index (κ3) is 2.08. The monoisotopic (exact) mass is 262 g/mol. The van der Waals surface area contributed by atoms with Gasteiger partial charge < -0.3 is 5.73 Å². The Hall–Kier alpha value is -1.55. The Morgan fingerprint density at radius 3 is 2.78 bits per heavy atom. The summed E-state index contributed by atoms with van der Waals surface area (Å²) in [6, 6.07) is 5.40. The van der Waals surface area contributed by atoms with E-state index in [1.54, 1.807) is 6.07 Å². The molecule has 1 heterocycles. The normalized spacial score (nSPS) is 16.3. The maximum atomic E-state index is 6.16. The summed E-state index contributed by atoms with van der Waals surface area (Å²) in [6.07, 6.45) is 4.96. The van der Waals surface area contributed by atoms with Crippen LogP contribution in [-0.2, 0) is 0 Å². The third-order valence-corrected chi connectivity index (χ3v) is 3.79. The molecule has 18 heavy (non-hydrogen) atoms. The predicted molar refractivity (Wildman–Crippen MR) is 72.5 cm³/mol. The van der Waals surface area contributed by atoms with E-state index in [2.05, 4.69) is 15.2 Å². The maximum Gasteiger partial charge on any atom is 0.182 e. The summed E-state index contributed by atoms with van der Waals surface area (Å²) in [5, 5.41) is 7.89. The molecule has 3 N–H and O–H groups in total. The van der Waals surface area contributed by atoms with Crippen LogP contribution >= 0.6 is 11.6 Å². The summed E-state index contributed by atoms with van der Waals surface area (Å²) in [6.45, 7) is 0. The van der Waals surface area contributed by atoms with E-state index in [-0.39, 0.29) is 0 Å². The molecule has 1 aliphatic rings. The molecule has 0 amide bonds. The van der Waals surface area contributed by atoms with Gasteiger partial charge in [0.05, 0.1) is 5.02 Å². The van der Waals surface area contributed by atoms with Gasteiger partial charge in [-0.2, -0.15) is 5.10 Å². The highest BCUT2D eigenvalue weighted by atomic mass is 35.5. The fourth-order valence-electron chi connectivity index (χ4n) is 2.49. The second kappa shape index (κ2) is 4.61. The zero-order valence-corrected chi connectivity index (χ0v) is 10.7. The molecule has 1 fully saturated rings. The van der Waals surface area contributed by atoms with E-state index in [1.807, 2.05) is 12.1 Å². The third-order valence-electron chi connectivity index (χ3n) is 3.48. The molecule has 3 rings (SSSR count). The van der Waals surface area contributed by atoms with Crippen LogP contribution in [0.2, 0.25) is 5.02 Å². The smallest absolute Gasteiger partial charge is 0.182 e. The number of hydrogen-bond donors (Lipinski definition) is 2. The molecule has 94 valence electrons. The molecule has 1 aromatic heterocycles. The molecular formula is C13H15ClN4. The lowest BCUT2D eigenvalue weighted by Gasteiger charge is -2.02. The van der Waals surface area contributed by atoms with Gasteiger partial charge in [-0.25, -0.2) is 4.98 Å². The molecule has 0 atom stereocenters. The van der Waals surface area contributed by atoms with Crippen molar-refractivity contribution in [2.75, 3.05) is 5.73 Å². The maximum absolute atomic E-state index is 6.16. The fourth-order valence-corrected chi connectivity index (χ4v) is 2.76. The zero-order valence-electron chi connectivity index (χ0n) is 9.99. The number of nitrogen functional groups attached to an aromatic ring is 1. The Morgan fingerprint density at radius 1 is 1.28 bits per heavy atom. The summed E-state index contributed by atoms with van der Waals surface area (Å²) >= 11 is 6.16. The van der Waals surface area contributed by atoms with E-state index in [4.69, 9.17) is 17.3 Å². The first-order chi connectivity index (χ1) is 8.74. The van der Waals surface area contributed by atoms with Gasteiger partial charge in [0.2, 0.25) is 0 Å². The second-order valence-electron chi connectivity index (χ2n) is 4.76. The van der Waals surface area contributed by atoms with Crippen molar-refractivity contribution in [2.24, 2.45) is 0 Å². The van der Waals surface area contributed by atoms with Gasteiger partial charge in [-0.05, 0) is 31.0 Å². The number of H-pyrrole nitrogens is 1. The molecular weight excluding hydrogens is 248 g/mol. The van der Waals surface area contributed by atoms with Crippen molar-refractivity contribution in [3.8, 4) is 11.4 Å². The molecule has 0 bridgehead atoms. The van der Waals surface area contributed by atoms with Gasteiger partial charge in [0.15, 0.2) is 5.82 Å². The first-order valence-corrected chi connectivity index (χ1v) is 6.59. The lowest BCUT2D eigenvalue weighted by Crippen LogP contribution is -1.94. The van der Waals surface area contributed by atoms with E-state index < -0.39 is 0 Å². The van der Waals surface area contributed by atoms with Crippen molar-refractivity contribution in [1.29, 1.82) is 0 Å². The van der Waals surface area contributed by atoms with Gasteiger partial charge in [-0.1, -0.05) is 24.4 Å². The van der Waals surface area contributed by atoms with Crippen LogP contribution in [0.3, 0.4) is 0 Å². The molecule has 0 spiro atoms. The summed E-state index contributed by atoms with van der Waals surface area (Å²) in [5.41, 5.74) is 7.15. The van der Waals surface area contributed by atoms with Gasteiger partial charge in [-0.15, -0.1) is 0 Å². The molecule has 1 aliphatic carbocycles. The summed E-state index contributed by atoms with van der Waals surface area (Å²) in [7, 11) is 0. The van der Waals surface area contributed by atoms with Crippen molar-refractivity contribution < 1.29 is 0 Å². The molecule has 0 saturated heterocycles. The first kappa shape index (κ1) is 11.5. The first-order valence-electron chi connectivity index (χ1n) is 6.22. The van der Waals surface area contributed by atoms with Gasteiger partial charge in [0.25, 0.3) is 0 Å². The van der Waals surface area contributed by atoms with Gasteiger partial charge in [0, 0.05) is 17.2 Å². The van der Waals surface area contributed by atoms with Crippen molar-refractivity contribution in [3.63, 3.8) is 0 Å². The van der Waals surface area contributed by atoms with E-state index in [1.165, 1.54) is 25.7 Å². The number of benzene rings is 1. The number of aromatic amines is 1. The van der Waals surface area contributed by atoms with E-state index in [9.17, 15) is 0 Å². The number of rotatable bonds is 2. The highest BCUT2D eigenvalue weighted by Crippen LogP contribution is 2.33. The van der Waals surface area contributed by atoms with Crippen LogP contribution in [0.1, 0.15) is 37.4 Å². The minimum Gasteiger partial charge on any atom is -0.399 e. The largest absolute Gasteiger partial charge is 0.399 e. The molecule has 1 aromatic carbocycles. The Bertz CT molecular complexity index is 558. The van der Waals surface area contributed by atoms with Gasteiger partial charge in [0.1, 0.15) is 5.82 Å². The van der Waals surface area contributed by atoms with Crippen LogP contribution in [-0.4, -0.2) is 15.2 Å². The van der Waals surface area contributed by atoms with Crippen LogP contribution in [0, 0.1) is 0 Å². The number of nitrogens with zero attached hydrogens (tertiary/aromatic N) is 2. The summed E-state index contributed by atoms with van der Waals surface area (Å²) < 4.78 is 0. The Morgan fingerprint density at radius 2 is 2.06 bits per heavy atom. The average Bonchev–Trinajstić information content (AvgIpc) is 2.99. The number of anilines is 1. The van der Waals surface area contributed by atoms with Crippen LogP contribution in [0.15, 0.2) is 18.2 Å². The number of halogens is 1. The summed E-state index contributed by atoms with van der Waals surface area (Å²) in [5.74, 6) is 2.16. The Labute approximate surface area is 111 Å². The quantitative estimate of drug-likeness (QED) is 0.816. The highest BCUT2D eigenvalue weighted by molar-refractivity contribution is 6.33. The number of nitrogens with two attached hydrogens (primary N) is 1. The average molecular weight is 263 g/mol. The second-order valence-corrected chi connectivity index (χ2v) is 5.17. The topological polar surface area (TPSA) is 67.6 Å². The van der Waals surface area contributed by atoms with Gasteiger partial charge in [-0.3, -0.25) is 5.10 Å². The van der Waals surface area contributed by atoms with Gasteiger partial charge >= 0.3 is 0 Å². The lowest BCUT2D eigenvalue weighted by molar-refractivity contribution is 0.672.